The van der Waals surface area contributed by atoms with Crippen molar-refractivity contribution in [2.75, 3.05) is 11.1 Å². The van der Waals surface area contributed by atoms with Gasteiger partial charge in [0.25, 0.3) is 5.91 Å². The summed E-state index contributed by atoms with van der Waals surface area (Å²) in [5.41, 5.74) is 2.54. The molecule has 0 aliphatic rings. The SMILES string of the molecule is CCc1ccccc1NC(=O)CSc1nnc(CNC(=O)c2ccccc2)n1CC. The molecule has 1 aromatic heterocycles. The molecule has 2 aromatic carbocycles. The van der Waals surface area contributed by atoms with Crippen molar-refractivity contribution >= 4 is 29.3 Å². The lowest BCUT2D eigenvalue weighted by Gasteiger charge is -2.10. The van der Waals surface area contributed by atoms with E-state index < -0.39 is 0 Å². The van der Waals surface area contributed by atoms with Crippen molar-refractivity contribution < 1.29 is 9.59 Å². The fourth-order valence-corrected chi connectivity index (χ4v) is 3.81. The second-order valence-corrected chi connectivity index (χ2v) is 7.48. The zero-order valence-corrected chi connectivity index (χ0v) is 17.9. The number of nitrogens with zero attached hydrogens (tertiary/aromatic N) is 3. The van der Waals surface area contributed by atoms with E-state index in [9.17, 15) is 9.59 Å². The van der Waals surface area contributed by atoms with Gasteiger partial charge in [0, 0.05) is 17.8 Å². The maximum absolute atomic E-state index is 12.4. The minimum absolute atomic E-state index is 0.0921. The first kappa shape index (κ1) is 21.6. The third-order valence-corrected chi connectivity index (χ3v) is 5.52. The average Bonchev–Trinajstić information content (AvgIpc) is 3.18. The second-order valence-electron chi connectivity index (χ2n) is 6.54. The van der Waals surface area contributed by atoms with Gasteiger partial charge in [0.15, 0.2) is 11.0 Å². The summed E-state index contributed by atoms with van der Waals surface area (Å²) in [5, 5.41) is 14.9. The summed E-state index contributed by atoms with van der Waals surface area (Å²) in [6.45, 7) is 4.95. The molecule has 7 nitrogen and oxygen atoms in total. The number of benzene rings is 2. The Morgan fingerprint density at radius 2 is 1.73 bits per heavy atom. The van der Waals surface area contributed by atoms with Gasteiger partial charge in [-0.05, 0) is 37.1 Å². The Bertz CT molecular complexity index is 1000. The number of aromatic nitrogens is 3. The molecule has 0 saturated carbocycles. The van der Waals surface area contributed by atoms with Crippen LogP contribution in [0.15, 0.2) is 59.8 Å². The molecule has 8 heteroatoms. The molecule has 0 bridgehead atoms. The molecule has 0 radical (unpaired) electrons. The number of para-hydroxylation sites is 1. The molecule has 3 rings (SSSR count). The van der Waals surface area contributed by atoms with E-state index in [1.807, 2.05) is 54.0 Å². The molecule has 2 amide bonds. The highest BCUT2D eigenvalue weighted by molar-refractivity contribution is 7.99. The van der Waals surface area contributed by atoms with E-state index in [1.54, 1.807) is 12.1 Å². The van der Waals surface area contributed by atoms with Crippen LogP contribution in [-0.4, -0.2) is 32.3 Å². The summed E-state index contributed by atoms with van der Waals surface area (Å²) < 4.78 is 1.91. The molecule has 0 aliphatic carbocycles. The van der Waals surface area contributed by atoms with E-state index in [-0.39, 0.29) is 24.1 Å². The van der Waals surface area contributed by atoms with Crippen LogP contribution in [0.25, 0.3) is 0 Å². The number of amides is 2. The van der Waals surface area contributed by atoms with Crippen molar-refractivity contribution in [1.29, 1.82) is 0 Å². The normalized spacial score (nSPS) is 10.6. The number of thioether (sulfide) groups is 1. The molecule has 0 saturated heterocycles. The largest absolute Gasteiger partial charge is 0.345 e. The highest BCUT2D eigenvalue weighted by Gasteiger charge is 2.15. The van der Waals surface area contributed by atoms with Gasteiger partial charge in [-0.2, -0.15) is 0 Å². The van der Waals surface area contributed by atoms with Crippen LogP contribution in [0, 0.1) is 0 Å². The fraction of sp³-hybridized carbons (Fsp3) is 0.273. The fourth-order valence-electron chi connectivity index (χ4n) is 2.99. The van der Waals surface area contributed by atoms with E-state index in [2.05, 4.69) is 27.8 Å². The van der Waals surface area contributed by atoms with Gasteiger partial charge in [-0.15, -0.1) is 10.2 Å². The molecule has 156 valence electrons. The van der Waals surface area contributed by atoms with E-state index >= 15 is 0 Å². The Morgan fingerprint density at radius 3 is 2.47 bits per heavy atom. The molecule has 2 N–H and O–H groups in total. The number of rotatable bonds is 9. The number of carbonyl (C=O) groups is 2. The zero-order chi connectivity index (χ0) is 21.3. The highest BCUT2D eigenvalue weighted by atomic mass is 32.2. The molecule has 30 heavy (non-hydrogen) atoms. The number of aryl methyl sites for hydroxylation is 1. The minimum atomic E-state index is -0.163. The van der Waals surface area contributed by atoms with Crippen LogP contribution in [0.3, 0.4) is 0 Å². The Kier molecular flexibility index (Phi) is 7.62. The van der Waals surface area contributed by atoms with Crippen LogP contribution in [-0.2, 0) is 24.3 Å². The summed E-state index contributed by atoms with van der Waals surface area (Å²) in [4.78, 5) is 24.6. The predicted octanol–water partition coefficient (Wildman–Crippen LogP) is 3.52. The molecule has 1 heterocycles. The maximum Gasteiger partial charge on any atom is 0.251 e. The van der Waals surface area contributed by atoms with Crippen molar-refractivity contribution in [1.82, 2.24) is 20.1 Å². The smallest absolute Gasteiger partial charge is 0.251 e. The molecular formula is C22H25N5O2S. The summed E-state index contributed by atoms with van der Waals surface area (Å²) in [5.74, 6) is 0.628. The number of hydrogen-bond donors (Lipinski definition) is 2. The van der Waals surface area contributed by atoms with Gasteiger partial charge in [-0.3, -0.25) is 9.59 Å². The molecule has 0 spiro atoms. The third-order valence-electron chi connectivity index (χ3n) is 4.56. The second kappa shape index (κ2) is 10.6. The first-order valence-corrected chi connectivity index (χ1v) is 10.9. The lowest BCUT2D eigenvalue weighted by molar-refractivity contribution is -0.113. The van der Waals surface area contributed by atoms with E-state index in [1.165, 1.54) is 11.8 Å². The van der Waals surface area contributed by atoms with Gasteiger partial charge in [-0.1, -0.05) is 55.1 Å². The van der Waals surface area contributed by atoms with E-state index in [4.69, 9.17) is 0 Å². The first-order chi connectivity index (χ1) is 14.6. The summed E-state index contributed by atoms with van der Waals surface area (Å²) in [6.07, 6.45) is 0.853. The monoisotopic (exact) mass is 423 g/mol. The predicted molar refractivity (Wildman–Crippen MR) is 118 cm³/mol. The molecular weight excluding hydrogens is 398 g/mol. The minimum Gasteiger partial charge on any atom is -0.345 e. The Balaban J connectivity index is 1.57. The van der Waals surface area contributed by atoms with Crippen molar-refractivity contribution in [2.45, 2.75) is 38.5 Å². The van der Waals surface area contributed by atoms with Gasteiger partial charge in [-0.25, -0.2) is 0 Å². The summed E-state index contributed by atoms with van der Waals surface area (Å²) in [6, 6.07) is 16.8. The van der Waals surface area contributed by atoms with Crippen LogP contribution in [0.2, 0.25) is 0 Å². The summed E-state index contributed by atoms with van der Waals surface area (Å²) >= 11 is 1.33. The Morgan fingerprint density at radius 1 is 1.00 bits per heavy atom. The van der Waals surface area contributed by atoms with Gasteiger partial charge in [0.1, 0.15) is 0 Å². The van der Waals surface area contributed by atoms with Gasteiger partial charge in [0.05, 0.1) is 12.3 Å². The van der Waals surface area contributed by atoms with E-state index in [0.717, 1.165) is 17.7 Å². The highest BCUT2D eigenvalue weighted by Crippen LogP contribution is 2.19. The average molecular weight is 424 g/mol. The van der Waals surface area contributed by atoms with Crippen molar-refractivity contribution in [3.8, 4) is 0 Å². The number of hydrogen-bond acceptors (Lipinski definition) is 5. The van der Waals surface area contributed by atoms with Crippen LogP contribution in [0.5, 0.6) is 0 Å². The van der Waals surface area contributed by atoms with E-state index in [0.29, 0.717) is 23.1 Å². The maximum atomic E-state index is 12.4. The molecule has 0 aliphatic heterocycles. The van der Waals surface area contributed by atoms with Crippen LogP contribution in [0.1, 0.15) is 35.6 Å². The number of anilines is 1. The Labute approximate surface area is 180 Å². The molecule has 0 atom stereocenters. The first-order valence-electron chi connectivity index (χ1n) is 9.88. The van der Waals surface area contributed by atoms with Gasteiger partial charge >= 0.3 is 0 Å². The molecule has 0 unspecified atom stereocenters. The zero-order valence-electron chi connectivity index (χ0n) is 17.1. The third kappa shape index (κ3) is 5.48. The topological polar surface area (TPSA) is 88.9 Å². The quantitative estimate of drug-likeness (QED) is 0.514. The van der Waals surface area contributed by atoms with Crippen LogP contribution in [0.4, 0.5) is 5.69 Å². The number of carbonyl (C=O) groups excluding carboxylic acids is 2. The lowest BCUT2D eigenvalue weighted by atomic mass is 10.1. The Hall–Kier alpha value is -3.13. The lowest BCUT2D eigenvalue weighted by Crippen LogP contribution is -2.24. The van der Waals surface area contributed by atoms with Crippen LogP contribution >= 0.6 is 11.8 Å². The standard InChI is InChI=1S/C22H25N5O2S/c1-3-16-10-8-9-13-18(16)24-20(28)15-30-22-26-25-19(27(22)4-2)14-23-21(29)17-11-6-5-7-12-17/h5-13H,3-4,14-15H2,1-2H3,(H,23,29)(H,24,28). The molecule has 0 fully saturated rings. The van der Waals surface area contributed by atoms with Crippen molar-refractivity contribution in [3.05, 3.63) is 71.5 Å². The van der Waals surface area contributed by atoms with Gasteiger partial charge in [0.2, 0.25) is 5.91 Å². The van der Waals surface area contributed by atoms with Crippen molar-refractivity contribution in [2.24, 2.45) is 0 Å². The van der Waals surface area contributed by atoms with Gasteiger partial charge < -0.3 is 15.2 Å². The molecule has 3 aromatic rings. The van der Waals surface area contributed by atoms with Crippen molar-refractivity contribution in [3.63, 3.8) is 0 Å². The van der Waals surface area contributed by atoms with Crippen LogP contribution < -0.4 is 10.6 Å². The number of nitrogens with one attached hydrogen (secondary N) is 2. The summed E-state index contributed by atoms with van der Waals surface area (Å²) in [7, 11) is 0.